The number of benzene rings is 2. The summed E-state index contributed by atoms with van der Waals surface area (Å²) in [6, 6.07) is 15.9. The summed E-state index contributed by atoms with van der Waals surface area (Å²) < 4.78 is 6.36. The third kappa shape index (κ3) is 4.31. The van der Waals surface area contributed by atoms with Crippen LogP contribution in [0.25, 0.3) is 11.3 Å². The molecule has 0 unspecified atom stereocenters. The summed E-state index contributed by atoms with van der Waals surface area (Å²) in [5.74, 6) is 0.797. The number of carbonyl (C=O) groups is 1. The molecule has 0 fully saturated rings. The van der Waals surface area contributed by atoms with Gasteiger partial charge in [0.1, 0.15) is 11.5 Å². The van der Waals surface area contributed by atoms with Gasteiger partial charge in [0.05, 0.1) is 21.8 Å². The molecule has 0 aliphatic heterocycles. The summed E-state index contributed by atoms with van der Waals surface area (Å²) in [5.41, 5.74) is 3.75. The zero-order chi connectivity index (χ0) is 17.8. The van der Waals surface area contributed by atoms with Crippen LogP contribution in [-0.2, 0) is 0 Å². The number of amides is 1. The molecule has 0 aliphatic rings. The topological polar surface area (TPSA) is 54.6 Å². The molecule has 0 atom stereocenters. The first-order valence-corrected chi connectivity index (χ1v) is 8.72. The Morgan fingerprint density at radius 1 is 1.08 bits per heavy atom. The van der Waals surface area contributed by atoms with Crippen molar-refractivity contribution in [2.75, 3.05) is 0 Å². The molecule has 0 spiro atoms. The van der Waals surface area contributed by atoms with Crippen LogP contribution in [0.15, 0.2) is 68.6 Å². The van der Waals surface area contributed by atoms with Crippen LogP contribution in [0, 0.1) is 0 Å². The van der Waals surface area contributed by atoms with Crippen molar-refractivity contribution in [1.82, 2.24) is 5.43 Å². The fourth-order valence-corrected chi connectivity index (χ4v) is 2.85. The molecule has 1 heterocycles. The normalized spacial score (nSPS) is 11.0. The largest absolute Gasteiger partial charge is 0.455 e. The first-order chi connectivity index (χ1) is 12.0. The second-order valence-corrected chi connectivity index (χ2v) is 6.68. The van der Waals surface area contributed by atoms with Crippen LogP contribution in [0.1, 0.15) is 16.1 Å². The number of hydrogen-bond acceptors (Lipinski definition) is 3. The number of rotatable bonds is 4. The summed E-state index contributed by atoms with van der Waals surface area (Å²) >= 11 is 15.2. The molecule has 0 radical (unpaired) electrons. The van der Waals surface area contributed by atoms with E-state index in [0.29, 0.717) is 31.6 Å². The molecule has 1 aromatic heterocycles. The van der Waals surface area contributed by atoms with Gasteiger partial charge in [-0.25, -0.2) is 5.43 Å². The highest BCUT2D eigenvalue weighted by atomic mass is 79.9. The SMILES string of the molecule is O=C(NN=Cc1ccc(-c2ccc(Cl)c(Cl)c2)o1)c1ccccc1Br. The first kappa shape index (κ1) is 17.7. The van der Waals surface area contributed by atoms with Crippen molar-refractivity contribution < 1.29 is 9.21 Å². The van der Waals surface area contributed by atoms with Crippen LogP contribution >= 0.6 is 39.1 Å². The number of nitrogens with one attached hydrogen (secondary N) is 1. The van der Waals surface area contributed by atoms with Gasteiger partial charge in [-0.2, -0.15) is 5.10 Å². The van der Waals surface area contributed by atoms with Crippen molar-refractivity contribution in [3.63, 3.8) is 0 Å². The van der Waals surface area contributed by atoms with Crippen LogP contribution in [0.2, 0.25) is 10.0 Å². The van der Waals surface area contributed by atoms with Gasteiger partial charge in [-0.05, 0) is 58.4 Å². The molecule has 7 heteroatoms. The second-order valence-electron chi connectivity index (χ2n) is 5.01. The zero-order valence-electron chi connectivity index (χ0n) is 12.7. The summed E-state index contributed by atoms with van der Waals surface area (Å²) in [5, 5.41) is 4.84. The number of nitrogens with zero attached hydrogens (tertiary/aromatic N) is 1. The van der Waals surface area contributed by atoms with Crippen molar-refractivity contribution in [3.8, 4) is 11.3 Å². The third-order valence-electron chi connectivity index (χ3n) is 3.31. The van der Waals surface area contributed by atoms with E-state index in [1.165, 1.54) is 6.21 Å². The maximum atomic E-state index is 12.0. The van der Waals surface area contributed by atoms with E-state index >= 15 is 0 Å². The summed E-state index contributed by atoms with van der Waals surface area (Å²) in [6.45, 7) is 0. The standard InChI is InChI=1S/C18H11BrCl2N2O2/c19-14-4-2-1-3-13(14)18(24)23-22-10-12-6-8-17(25-12)11-5-7-15(20)16(21)9-11/h1-10H,(H,23,24). The van der Waals surface area contributed by atoms with E-state index < -0.39 is 0 Å². The van der Waals surface area contributed by atoms with E-state index in [1.54, 1.807) is 42.5 Å². The van der Waals surface area contributed by atoms with Gasteiger partial charge in [0.25, 0.3) is 5.91 Å². The van der Waals surface area contributed by atoms with E-state index in [-0.39, 0.29) is 5.91 Å². The molecular weight excluding hydrogens is 427 g/mol. The van der Waals surface area contributed by atoms with Crippen molar-refractivity contribution in [2.45, 2.75) is 0 Å². The molecular formula is C18H11BrCl2N2O2. The molecule has 2 aromatic carbocycles. The van der Waals surface area contributed by atoms with Gasteiger partial charge in [-0.1, -0.05) is 35.3 Å². The lowest BCUT2D eigenvalue weighted by molar-refractivity contribution is 0.0954. The zero-order valence-corrected chi connectivity index (χ0v) is 15.8. The van der Waals surface area contributed by atoms with E-state index in [9.17, 15) is 4.79 Å². The maximum absolute atomic E-state index is 12.0. The Morgan fingerprint density at radius 2 is 1.88 bits per heavy atom. The average Bonchev–Trinajstić information content (AvgIpc) is 3.06. The minimum absolute atomic E-state index is 0.319. The molecule has 25 heavy (non-hydrogen) atoms. The maximum Gasteiger partial charge on any atom is 0.272 e. The minimum Gasteiger partial charge on any atom is -0.455 e. The Bertz CT molecular complexity index is 954. The van der Waals surface area contributed by atoms with Crippen molar-refractivity contribution in [2.24, 2.45) is 5.10 Å². The Hall–Kier alpha value is -2.08. The fourth-order valence-electron chi connectivity index (χ4n) is 2.09. The molecule has 4 nitrogen and oxygen atoms in total. The fraction of sp³-hybridized carbons (Fsp3) is 0. The number of hydrazone groups is 1. The minimum atomic E-state index is -0.319. The van der Waals surface area contributed by atoms with Gasteiger partial charge in [0, 0.05) is 10.0 Å². The highest BCUT2D eigenvalue weighted by molar-refractivity contribution is 9.10. The van der Waals surface area contributed by atoms with Crippen molar-refractivity contribution in [1.29, 1.82) is 0 Å². The summed E-state index contributed by atoms with van der Waals surface area (Å²) in [6.07, 6.45) is 1.43. The average molecular weight is 438 g/mol. The second kappa shape index (κ2) is 7.87. The summed E-state index contributed by atoms with van der Waals surface area (Å²) in [4.78, 5) is 12.0. The third-order valence-corrected chi connectivity index (χ3v) is 4.74. The monoisotopic (exact) mass is 436 g/mol. The van der Waals surface area contributed by atoms with E-state index in [0.717, 1.165) is 5.56 Å². The Kier molecular flexibility index (Phi) is 5.58. The highest BCUT2D eigenvalue weighted by Gasteiger charge is 2.08. The molecule has 0 bridgehead atoms. The number of hydrogen-bond donors (Lipinski definition) is 1. The summed E-state index contributed by atoms with van der Waals surface area (Å²) in [7, 11) is 0. The molecule has 3 aromatic rings. The lowest BCUT2D eigenvalue weighted by Crippen LogP contribution is -2.17. The van der Waals surface area contributed by atoms with Gasteiger partial charge < -0.3 is 4.42 Å². The number of carbonyl (C=O) groups excluding carboxylic acids is 1. The predicted octanol–water partition coefficient (Wildman–Crippen LogP) is 5.78. The lowest BCUT2D eigenvalue weighted by atomic mass is 10.2. The molecule has 0 saturated heterocycles. The van der Waals surface area contributed by atoms with Gasteiger partial charge in [-0.3, -0.25) is 4.79 Å². The van der Waals surface area contributed by atoms with Gasteiger partial charge in [0.15, 0.2) is 0 Å². The van der Waals surface area contributed by atoms with E-state index in [2.05, 4.69) is 26.5 Å². The van der Waals surface area contributed by atoms with Gasteiger partial charge >= 0.3 is 0 Å². The van der Waals surface area contributed by atoms with Crippen LogP contribution in [-0.4, -0.2) is 12.1 Å². The van der Waals surface area contributed by atoms with Crippen LogP contribution in [0.5, 0.6) is 0 Å². The van der Waals surface area contributed by atoms with E-state index in [4.69, 9.17) is 27.6 Å². The smallest absolute Gasteiger partial charge is 0.272 e. The van der Waals surface area contributed by atoms with Gasteiger partial charge in [0.2, 0.25) is 0 Å². The Balaban J connectivity index is 1.69. The number of furan rings is 1. The molecule has 1 amide bonds. The lowest BCUT2D eigenvalue weighted by Gasteiger charge is -2.01. The van der Waals surface area contributed by atoms with Crippen LogP contribution in [0.4, 0.5) is 0 Å². The Morgan fingerprint density at radius 3 is 2.64 bits per heavy atom. The first-order valence-electron chi connectivity index (χ1n) is 7.18. The molecule has 3 rings (SSSR count). The van der Waals surface area contributed by atoms with Crippen molar-refractivity contribution in [3.05, 3.63) is 80.4 Å². The predicted molar refractivity (Wildman–Crippen MR) is 103 cm³/mol. The van der Waals surface area contributed by atoms with Gasteiger partial charge in [-0.15, -0.1) is 0 Å². The number of halogens is 3. The molecule has 126 valence electrons. The molecule has 0 aliphatic carbocycles. The van der Waals surface area contributed by atoms with Crippen molar-refractivity contribution >= 4 is 51.3 Å². The molecule has 0 saturated carbocycles. The van der Waals surface area contributed by atoms with E-state index in [1.807, 2.05) is 12.1 Å². The quantitative estimate of drug-likeness (QED) is 0.415. The van der Waals surface area contributed by atoms with Crippen LogP contribution < -0.4 is 5.43 Å². The highest BCUT2D eigenvalue weighted by Crippen LogP contribution is 2.29. The molecule has 1 N–H and O–H groups in total. The van der Waals surface area contributed by atoms with Crippen LogP contribution in [0.3, 0.4) is 0 Å². The Labute approximate surface area is 162 Å².